The summed E-state index contributed by atoms with van der Waals surface area (Å²) in [6.07, 6.45) is 1.46. The molecule has 0 spiro atoms. The fourth-order valence-electron chi connectivity index (χ4n) is 1.75. The lowest BCUT2D eigenvalue weighted by molar-refractivity contribution is -0.127. The number of hydrogen-bond acceptors (Lipinski definition) is 6. The lowest BCUT2D eigenvalue weighted by Gasteiger charge is -2.16. The quantitative estimate of drug-likeness (QED) is 0.746. The zero-order valence-electron chi connectivity index (χ0n) is 9.93. The van der Waals surface area contributed by atoms with Gasteiger partial charge in [-0.3, -0.25) is 4.79 Å². The van der Waals surface area contributed by atoms with Crippen molar-refractivity contribution in [2.45, 2.75) is 12.8 Å². The van der Waals surface area contributed by atoms with E-state index in [1.54, 1.807) is 11.9 Å². The van der Waals surface area contributed by atoms with E-state index in [9.17, 15) is 4.79 Å². The number of hydrogen-bond donors (Lipinski definition) is 1. The molecule has 1 aromatic rings. The van der Waals surface area contributed by atoms with Gasteiger partial charge in [0, 0.05) is 33.1 Å². The predicted octanol–water partition coefficient (Wildman–Crippen LogP) is -0.761. The Hall–Kier alpha value is -1.63. The van der Waals surface area contributed by atoms with Crippen molar-refractivity contribution in [3.63, 3.8) is 0 Å². The number of aromatic nitrogens is 2. The number of carbonyl (C=O) groups is 1. The highest BCUT2D eigenvalue weighted by Crippen LogP contribution is 2.15. The van der Waals surface area contributed by atoms with Gasteiger partial charge in [0.1, 0.15) is 6.54 Å². The Balaban J connectivity index is 2.07. The molecule has 0 radical (unpaired) electrons. The van der Waals surface area contributed by atoms with Crippen molar-refractivity contribution in [2.75, 3.05) is 38.1 Å². The van der Waals surface area contributed by atoms with E-state index in [1.807, 2.05) is 4.90 Å². The van der Waals surface area contributed by atoms with Gasteiger partial charge in [0.05, 0.1) is 0 Å². The number of nitrogens with zero attached hydrogens (tertiary/aromatic N) is 4. The fourth-order valence-corrected chi connectivity index (χ4v) is 1.75. The molecule has 0 aromatic carbocycles. The summed E-state index contributed by atoms with van der Waals surface area (Å²) in [5.41, 5.74) is 5.41. The largest absolute Gasteiger partial charge is 0.408 e. The van der Waals surface area contributed by atoms with Crippen LogP contribution in [0.5, 0.6) is 0 Å². The molecule has 1 amide bonds. The van der Waals surface area contributed by atoms with Crippen LogP contribution < -0.4 is 10.6 Å². The lowest BCUT2D eigenvalue weighted by atomic mass is 10.4. The minimum absolute atomic E-state index is 0.0704. The third kappa shape index (κ3) is 2.73. The average molecular weight is 239 g/mol. The van der Waals surface area contributed by atoms with Crippen LogP contribution in [-0.2, 0) is 11.2 Å². The highest BCUT2D eigenvalue weighted by Gasteiger charge is 2.22. The molecule has 0 bridgehead atoms. The first-order valence-corrected chi connectivity index (χ1v) is 5.72. The molecule has 1 saturated heterocycles. The number of likely N-dealkylation sites (N-methyl/N-ethyl adjacent to an activating group) is 1. The standard InChI is InChI=1S/C10H17N5O2/c1-14-5-2-6-15(7-9(14)16)10-13-12-8(17-10)3-4-11/h2-7,11H2,1H3. The molecule has 2 N–H and O–H groups in total. The van der Waals surface area contributed by atoms with E-state index in [-0.39, 0.29) is 5.91 Å². The molecule has 0 unspecified atom stereocenters. The lowest BCUT2D eigenvalue weighted by Crippen LogP contribution is -2.34. The van der Waals surface area contributed by atoms with Crippen LogP contribution in [0.25, 0.3) is 0 Å². The summed E-state index contributed by atoms with van der Waals surface area (Å²) >= 11 is 0. The second-order valence-corrected chi connectivity index (χ2v) is 4.11. The van der Waals surface area contributed by atoms with Crippen LogP contribution in [-0.4, -0.2) is 54.2 Å². The maximum Gasteiger partial charge on any atom is 0.318 e. The molecule has 1 aliphatic rings. The van der Waals surface area contributed by atoms with Crippen molar-refractivity contribution in [2.24, 2.45) is 5.73 Å². The summed E-state index contributed by atoms with van der Waals surface area (Å²) in [7, 11) is 1.81. The smallest absolute Gasteiger partial charge is 0.318 e. The van der Waals surface area contributed by atoms with Gasteiger partial charge in [-0.1, -0.05) is 5.10 Å². The van der Waals surface area contributed by atoms with E-state index < -0.39 is 0 Å². The molecule has 2 rings (SSSR count). The molecule has 7 heteroatoms. The van der Waals surface area contributed by atoms with Crippen LogP contribution in [0.15, 0.2) is 4.42 Å². The van der Waals surface area contributed by atoms with Crippen LogP contribution in [0, 0.1) is 0 Å². The van der Waals surface area contributed by atoms with E-state index in [4.69, 9.17) is 10.2 Å². The van der Waals surface area contributed by atoms with Gasteiger partial charge in [-0.2, -0.15) is 0 Å². The van der Waals surface area contributed by atoms with Crippen LogP contribution >= 0.6 is 0 Å². The number of rotatable bonds is 3. The van der Waals surface area contributed by atoms with Gasteiger partial charge in [0.25, 0.3) is 0 Å². The molecular weight excluding hydrogens is 222 g/mol. The Kier molecular flexibility index (Phi) is 3.58. The predicted molar refractivity (Wildman–Crippen MR) is 61.5 cm³/mol. The zero-order chi connectivity index (χ0) is 12.3. The first-order valence-electron chi connectivity index (χ1n) is 5.72. The minimum atomic E-state index is 0.0704. The molecule has 7 nitrogen and oxygen atoms in total. The van der Waals surface area contributed by atoms with Gasteiger partial charge < -0.3 is 20.0 Å². The van der Waals surface area contributed by atoms with Gasteiger partial charge in [-0.15, -0.1) is 5.10 Å². The maximum atomic E-state index is 11.7. The summed E-state index contributed by atoms with van der Waals surface area (Å²) in [5, 5.41) is 7.84. The monoisotopic (exact) mass is 239 g/mol. The number of carbonyl (C=O) groups excluding carboxylic acids is 1. The van der Waals surface area contributed by atoms with Gasteiger partial charge in [0.15, 0.2) is 0 Å². The van der Waals surface area contributed by atoms with Crippen molar-refractivity contribution in [1.29, 1.82) is 0 Å². The van der Waals surface area contributed by atoms with E-state index in [0.717, 1.165) is 19.5 Å². The van der Waals surface area contributed by atoms with Crippen LogP contribution in [0.3, 0.4) is 0 Å². The highest BCUT2D eigenvalue weighted by molar-refractivity contribution is 5.80. The van der Waals surface area contributed by atoms with E-state index in [0.29, 0.717) is 31.4 Å². The zero-order valence-corrected chi connectivity index (χ0v) is 9.93. The van der Waals surface area contributed by atoms with Gasteiger partial charge in [-0.25, -0.2) is 0 Å². The fraction of sp³-hybridized carbons (Fsp3) is 0.700. The van der Waals surface area contributed by atoms with Crippen molar-refractivity contribution >= 4 is 11.9 Å². The van der Waals surface area contributed by atoms with E-state index in [1.165, 1.54) is 0 Å². The van der Waals surface area contributed by atoms with Crippen molar-refractivity contribution in [1.82, 2.24) is 15.1 Å². The Morgan fingerprint density at radius 2 is 2.24 bits per heavy atom. The Morgan fingerprint density at radius 1 is 1.41 bits per heavy atom. The number of amides is 1. The number of anilines is 1. The Bertz CT molecular complexity index is 392. The van der Waals surface area contributed by atoms with Gasteiger partial charge >= 0.3 is 6.01 Å². The topological polar surface area (TPSA) is 88.5 Å². The third-order valence-electron chi connectivity index (χ3n) is 2.76. The first-order chi connectivity index (χ1) is 8.20. The molecular formula is C10H17N5O2. The van der Waals surface area contributed by atoms with Gasteiger partial charge in [-0.05, 0) is 6.42 Å². The molecule has 1 aliphatic heterocycles. The maximum absolute atomic E-state index is 11.7. The molecule has 94 valence electrons. The molecule has 1 aromatic heterocycles. The van der Waals surface area contributed by atoms with Crippen molar-refractivity contribution in [3.8, 4) is 0 Å². The first kappa shape index (κ1) is 11.8. The summed E-state index contributed by atoms with van der Waals surface area (Å²) in [6, 6.07) is 0.414. The second kappa shape index (κ2) is 5.13. The Labute approximate surface area is 99.6 Å². The van der Waals surface area contributed by atoms with E-state index >= 15 is 0 Å². The van der Waals surface area contributed by atoms with Crippen molar-refractivity contribution in [3.05, 3.63) is 5.89 Å². The average Bonchev–Trinajstić information content (AvgIpc) is 2.69. The molecule has 1 fully saturated rings. The summed E-state index contributed by atoms with van der Waals surface area (Å²) < 4.78 is 5.46. The second-order valence-electron chi connectivity index (χ2n) is 4.11. The van der Waals surface area contributed by atoms with Gasteiger partial charge in [0.2, 0.25) is 11.8 Å². The Morgan fingerprint density at radius 3 is 3.00 bits per heavy atom. The molecule has 2 heterocycles. The van der Waals surface area contributed by atoms with Crippen LogP contribution in [0.2, 0.25) is 0 Å². The third-order valence-corrected chi connectivity index (χ3v) is 2.76. The summed E-state index contributed by atoms with van der Waals surface area (Å²) in [5.74, 6) is 0.591. The minimum Gasteiger partial charge on any atom is -0.408 e. The summed E-state index contributed by atoms with van der Waals surface area (Å²) in [6.45, 7) is 2.28. The summed E-state index contributed by atoms with van der Waals surface area (Å²) in [4.78, 5) is 15.2. The normalized spacial score (nSPS) is 17.4. The van der Waals surface area contributed by atoms with E-state index in [2.05, 4.69) is 10.2 Å². The van der Waals surface area contributed by atoms with Crippen molar-refractivity contribution < 1.29 is 9.21 Å². The number of nitrogens with two attached hydrogens (primary N) is 1. The van der Waals surface area contributed by atoms with Crippen LogP contribution in [0.4, 0.5) is 6.01 Å². The van der Waals surface area contributed by atoms with Crippen LogP contribution in [0.1, 0.15) is 12.3 Å². The molecule has 0 aliphatic carbocycles. The molecule has 0 atom stereocenters. The molecule has 17 heavy (non-hydrogen) atoms. The highest BCUT2D eigenvalue weighted by atomic mass is 16.4. The molecule has 0 saturated carbocycles. The SMILES string of the molecule is CN1CCCN(c2nnc(CCN)o2)CC1=O.